The number of hydrogen-bond donors (Lipinski definition) is 2. The summed E-state index contributed by atoms with van der Waals surface area (Å²) in [5, 5.41) is 6.25. The van der Waals surface area contributed by atoms with Crippen LogP contribution in [0.25, 0.3) is 0 Å². The molecule has 0 unspecified atom stereocenters. The molecule has 1 saturated heterocycles. The van der Waals surface area contributed by atoms with Gasteiger partial charge in [-0.05, 0) is 54.7 Å². The van der Waals surface area contributed by atoms with Crippen LogP contribution >= 0.6 is 0 Å². The van der Waals surface area contributed by atoms with E-state index in [1.54, 1.807) is 13.4 Å². The monoisotopic (exact) mass is 432 g/mol. The highest BCUT2D eigenvalue weighted by Crippen LogP contribution is 2.30. The molecule has 1 aliphatic heterocycles. The largest absolute Gasteiger partial charge is 0.497 e. The number of ether oxygens (including phenoxy) is 1. The smallest absolute Gasteiger partial charge is 0.220 e. The third kappa shape index (κ3) is 5.19. The van der Waals surface area contributed by atoms with Crippen LogP contribution in [0.15, 0.2) is 77.4 Å². The average molecular weight is 433 g/mol. The lowest BCUT2D eigenvalue weighted by molar-refractivity contribution is -0.123. The lowest BCUT2D eigenvalue weighted by atomic mass is 9.85. The van der Waals surface area contributed by atoms with Crippen molar-refractivity contribution < 1.29 is 18.7 Å². The minimum atomic E-state index is -0.421. The highest BCUT2D eigenvalue weighted by Gasteiger charge is 2.38. The number of rotatable bonds is 9. The van der Waals surface area contributed by atoms with Crippen molar-refractivity contribution in [1.82, 2.24) is 10.6 Å². The number of amides is 2. The Labute approximate surface area is 188 Å². The molecule has 2 heterocycles. The van der Waals surface area contributed by atoms with E-state index in [4.69, 9.17) is 9.15 Å². The molecule has 0 radical (unpaired) electrons. The Bertz CT molecular complexity index is 1030. The SMILES string of the molecule is COc1ccc(C[C@]2(CCC(=O)N[C@@H](c3ccccc3)c3ccco3)CCC(=O)N2)cc1. The fraction of sp³-hybridized carbons (Fsp3) is 0.308. The quantitative estimate of drug-likeness (QED) is 0.532. The topological polar surface area (TPSA) is 80.6 Å². The molecular weight excluding hydrogens is 404 g/mol. The third-order valence-corrected chi connectivity index (χ3v) is 6.03. The lowest BCUT2D eigenvalue weighted by Crippen LogP contribution is -2.44. The zero-order valence-corrected chi connectivity index (χ0v) is 18.2. The lowest BCUT2D eigenvalue weighted by Gasteiger charge is -2.29. The van der Waals surface area contributed by atoms with Crippen molar-refractivity contribution in [3.05, 3.63) is 89.9 Å². The zero-order chi connectivity index (χ0) is 22.4. The average Bonchev–Trinajstić information content (AvgIpc) is 3.48. The first-order valence-electron chi connectivity index (χ1n) is 10.9. The van der Waals surface area contributed by atoms with Gasteiger partial charge < -0.3 is 19.8 Å². The molecule has 6 heteroatoms. The number of hydrogen-bond acceptors (Lipinski definition) is 4. The molecule has 1 fully saturated rings. The Morgan fingerprint density at radius 3 is 2.53 bits per heavy atom. The summed E-state index contributed by atoms with van der Waals surface area (Å²) < 4.78 is 10.8. The van der Waals surface area contributed by atoms with Gasteiger partial charge in [-0.25, -0.2) is 0 Å². The molecule has 0 bridgehead atoms. The standard InChI is InChI=1S/C26H28N2O4/c1-31-21-11-9-19(10-12-21)18-26(16-14-24(30)28-26)15-13-23(29)27-25(22-8-5-17-32-22)20-6-3-2-4-7-20/h2-12,17,25H,13-16,18H2,1H3,(H,27,29)(H,28,30)/t25-,26-/m0/s1. The number of nitrogens with one attached hydrogen (secondary N) is 2. The predicted molar refractivity (Wildman–Crippen MR) is 121 cm³/mol. The summed E-state index contributed by atoms with van der Waals surface area (Å²) in [6.07, 6.45) is 4.35. The molecule has 32 heavy (non-hydrogen) atoms. The van der Waals surface area contributed by atoms with Crippen molar-refractivity contribution in [2.24, 2.45) is 0 Å². The van der Waals surface area contributed by atoms with Crippen LogP contribution in [-0.2, 0) is 16.0 Å². The molecule has 1 aliphatic rings. The first-order chi connectivity index (χ1) is 15.6. The van der Waals surface area contributed by atoms with E-state index in [9.17, 15) is 9.59 Å². The molecule has 2 amide bonds. The second-order valence-electron chi connectivity index (χ2n) is 8.28. The molecule has 3 aromatic rings. The molecule has 2 aromatic carbocycles. The molecular formula is C26H28N2O4. The van der Waals surface area contributed by atoms with Crippen LogP contribution in [0.5, 0.6) is 5.75 Å². The Morgan fingerprint density at radius 1 is 1.12 bits per heavy atom. The van der Waals surface area contributed by atoms with E-state index in [1.807, 2.05) is 66.7 Å². The van der Waals surface area contributed by atoms with Gasteiger partial charge in [-0.1, -0.05) is 42.5 Å². The number of methoxy groups -OCH3 is 1. The van der Waals surface area contributed by atoms with E-state index in [1.165, 1.54) is 0 Å². The first kappa shape index (κ1) is 21.7. The number of furan rings is 1. The highest BCUT2D eigenvalue weighted by molar-refractivity contribution is 5.80. The molecule has 2 atom stereocenters. The van der Waals surface area contributed by atoms with Crippen molar-refractivity contribution in [3.8, 4) is 5.75 Å². The summed E-state index contributed by atoms with van der Waals surface area (Å²) >= 11 is 0. The van der Waals surface area contributed by atoms with Gasteiger partial charge in [0.25, 0.3) is 0 Å². The fourth-order valence-electron chi connectivity index (χ4n) is 4.32. The molecule has 1 aromatic heterocycles. The maximum atomic E-state index is 13.0. The van der Waals surface area contributed by atoms with Crippen molar-refractivity contribution in [2.75, 3.05) is 7.11 Å². The minimum Gasteiger partial charge on any atom is -0.497 e. The summed E-state index contributed by atoms with van der Waals surface area (Å²) in [6.45, 7) is 0. The van der Waals surface area contributed by atoms with E-state index in [2.05, 4.69) is 10.6 Å². The number of carbonyl (C=O) groups is 2. The molecule has 166 valence electrons. The molecule has 2 N–H and O–H groups in total. The summed E-state index contributed by atoms with van der Waals surface area (Å²) in [7, 11) is 1.64. The first-order valence-corrected chi connectivity index (χ1v) is 10.9. The van der Waals surface area contributed by atoms with Gasteiger partial charge in [0.2, 0.25) is 11.8 Å². The summed E-state index contributed by atoms with van der Waals surface area (Å²) in [4.78, 5) is 25.0. The third-order valence-electron chi connectivity index (χ3n) is 6.03. The van der Waals surface area contributed by atoms with Crippen LogP contribution in [0, 0.1) is 0 Å². The van der Waals surface area contributed by atoms with Crippen LogP contribution in [0.3, 0.4) is 0 Å². The van der Waals surface area contributed by atoms with Gasteiger partial charge in [-0.15, -0.1) is 0 Å². The normalized spacial score (nSPS) is 18.7. The molecule has 0 spiro atoms. The number of benzene rings is 2. The van der Waals surface area contributed by atoms with E-state index >= 15 is 0 Å². The second kappa shape index (κ2) is 9.73. The minimum absolute atomic E-state index is 0.0386. The van der Waals surface area contributed by atoms with Crippen LogP contribution in [0.2, 0.25) is 0 Å². The number of carbonyl (C=O) groups excluding carboxylic acids is 2. The maximum Gasteiger partial charge on any atom is 0.220 e. The van der Waals surface area contributed by atoms with Gasteiger partial charge in [-0.3, -0.25) is 9.59 Å². The zero-order valence-electron chi connectivity index (χ0n) is 18.2. The van der Waals surface area contributed by atoms with Crippen molar-refractivity contribution in [1.29, 1.82) is 0 Å². The Hall–Kier alpha value is -3.54. The van der Waals surface area contributed by atoms with Gasteiger partial charge in [0, 0.05) is 18.4 Å². The molecule has 0 saturated carbocycles. The molecule has 6 nitrogen and oxygen atoms in total. The maximum absolute atomic E-state index is 13.0. The van der Waals surface area contributed by atoms with Crippen molar-refractivity contribution in [2.45, 2.75) is 43.7 Å². The van der Waals surface area contributed by atoms with Crippen LogP contribution in [0.1, 0.15) is 48.6 Å². The second-order valence-corrected chi connectivity index (χ2v) is 8.28. The van der Waals surface area contributed by atoms with Gasteiger partial charge in [-0.2, -0.15) is 0 Å². The van der Waals surface area contributed by atoms with Crippen molar-refractivity contribution >= 4 is 11.8 Å². The molecule has 0 aliphatic carbocycles. The molecule has 4 rings (SSSR count). The summed E-state index contributed by atoms with van der Waals surface area (Å²) in [5.74, 6) is 1.44. The van der Waals surface area contributed by atoms with E-state index in [0.29, 0.717) is 37.9 Å². The van der Waals surface area contributed by atoms with Crippen LogP contribution in [-0.4, -0.2) is 24.5 Å². The fourth-order valence-corrected chi connectivity index (χ4v) is 4.32. The Balaban J connectivity index is 1.44. The summed E-state index contributed by atoms with van der Waals surface area (Å²) in [6, 6.07) is 20.9. The van der Waals surface area contributed by atoms with Gasteiger partial charge in [0.1, 0.15) is 17.6 Å². The summed E-state index contributed by atoms with van der Waals surface area (Å²) in [5.41, 5.74) is 1.64. The van der Waals surface area contributed by atoms with E-state index in [-0.39, 0.29) is 17.9 Å². The van der Waals surface area contributed by atoms with Crippen molar-refractivity contribution in [3.63, 3.8) is 0 Å². The Morgan fingerprint density at radius 2 is 1.91 bits per heavy atom. The highest BCUT2D eigenvalue weighted by atomic mass is 16.5. The van der Waals surface area contributed by atoms with E-state index in [0.717, 1.165) is 16.9 Å². The van der Waals surface area contributed by atoms with E-state index < -0.39 is 5.54 Å². The van der Waals surface area contributed by atoms with Gasteiger partial charge >= 0.3 is 0 Å². The van der Waals surface area contributed by atoms with Gasteiger partial charge in [0.05, 0.1) is 13.4 Å². The van der Waals surface area contributed by atoms with Crippen LogP contribution < -0.4 is 15.4 Å². The van der Waals surface area contributed by atoms with Crippen LogP contribution in [0.4, 0.5) is 0 Å². The predicted octanol–water partition coefficient (Wildman–Crippen LogP) is 4.17. The van der Waals surface area contributed by atoms with Gasteiger partial charge in [0.15, 0.2) is 0 Å². The Kier molecular flexibility index (Phi) is 6.59.